The Balaban J connectivity index is 1.72. The molecule has 9 heteroatoms. The minimum atomic E-state index is -3.50. The molecule has 0 aliphatic carbocycles. The normalized spacial score (nSPS) is 14.8. The van der Waals surface area contributed by atoms with Crippen molar-refractivity contribution in [3.8, 4) is 6.07 Å². The fourth-order valence-electron chi connectivity index (χ4n) is 3.24. The van der Waals surface area contributed by atoms with Crippen molar-refractivity contribution >= 4 is 38.9 Å². The number of halogens is 1. The second-order valence-corrected chi connectivity index (χ2v) is 9.02. The maximum atomic E-state index is 13.0. The first kappa shape index (κ1) is 21.0. The number of anilines is 2. The Morgan fingerprint density at radius 3 is 2.48 bits per heavy atom. The Morgan fingerprint density at radius 2 is 1.83 bits per heavy atom. The predicted octanol–water partition coefficient (Wildman–Crippen LogP) is 2.94. The molecule has 1 saturated heterocycles. The third-order valence-corrected chi connectivity index (χ3v) is 5.57. The molecule has 0 saturated carbocycles. The van der Waals surface area contributed by atoms with Gasteiger partial charge in [0.1, 0.15) is 0 Å². The molecule has 0 atom stereocenters. The highest BCUT2D eigenvalue weighted by Crippen LogP contribution is 2.25. The molecule has 2 aromatic rings. The molecule has 3 rings (SSSR count). The molecule has 0 unspecified atom stereocenters. The van der Waals surface area contributed by atoms with Crippen molar-refractivity contribution in [3.05, 3.63) is 58.6 Å². The van der Waals surface area contributed by atoms with E-state index in [-0.39, 0.29) is 16.6 Å². The molecule has 1 aliphatic heterocycles. The minimum absolute atomic E-state index is 0.167. The number of sulfonamides is 1. The molecule has 1 fully saturated rings. The summed E-state index contributed by atoms with van der Waals surface area (Å²) in [5.74, 6) is -0.167. The maximum absolute atomic E-state index is 13.0. The van der Waals surface area contributed by atoms with Gasteiger partial charge in [0.05, 0.1) is 28.6 Å². The summed E-state index contributed by atoms with van der Waals surface area (Å²) in [7, 11) is -3.50. The Kier molecular flexibility index (Phi) is 6.30. The topological polar surface area (TPSA) is 93.5 Å². The number of rotatable bonds is 4. The van der Waals surface area contributed by atoms with Gasteiger partial charge in [-0.15, -0.1) is 0 Å². The molecule has 29 heavy (non-hydrogen) atoms. The Morgan fingerprint density at radius 1 is 1.10 bits per heavy atom. The SMILES string of the molecule is CS(=O)(=O)Nc1cc(C(=O)N2CCCN(c3ccc(C#N)cc3)CC2)ccc1Cl. The van der Waals surface area contributed by atoms with E-state index >= 15 is 0 Å². The summed E-state index contributed by atoms with van der Waals surface area (Å²) in [6.45, 7) is 2.61. The molecule has 0 aromatic heterocycles. The fourth-order valence-corrected chi connectivity index (χ4v) is 4.03. The summed E-state index contributed by atoms with van der Waals surface area (Å²) in [6.07, 6.45) is 1.83. The summed E-state index contributed by atoms with van der Waals surface area (Å²) in [5.41, 5.74) is 2.20. The number of hydrogen-bond donors (Lipinski definition) is 1. The quantitative estimate of drug-likeness (QED) is 0.801. The van der Waals surface area contributed by atoms with Crippen LogP contribution in [0.2, 0.25) is 5.02 Å². The van der Waals surface area contributed by atoms with Gasteiger partial charge < -0.3 is 9.80 Å². The van der Waals surface area contributed by atoms with Crippen LogP contribution in [-0.4, -0.2) is 51.7 Å². The van der Waals surface area contributed by atoms with Crippen LogP contribution in [-0.2, 0) is 10.0 Å². The average molecular weight is 433 g/mol. The van der Waals surface area contributed by atoms with E-state index in [1.165, 1.54) is 12.1 Å². The number of hydrogen-bond acceptors (Lipinski definition) is 5. The molecule has 1 N–H and O–H groups in total. The van der Waals surface area contributed by atoms with Crippen molar-refractivity contribution in [2.75, 3.05) is 42.1 Å². The second kappa shape index (κ2) is 8.72. The lowest BCUT2D eigenvalue weighted by atomic mass is 10.1. The van der Waals surface area contributed by atoms with Crippen molar-refractivity contribution in [1.29, 1.82) is 5.26 Å². The van der Waals surface area contributed by atoms with Crippen LogP contribution in [0, 0.1) is 11.3 Å². The van der Waals surface area contributed by atoms with Crippen molar-refractivity contribution in [1.82, 2.24) is 4.90 Å². The summed E-state index contributed by atoms with van der Waals surface area (Å²) < 4.78 is 25.3. The maximum Gasteiger partial charge on any atom is 0.253 e. The standard InChI is InChI=1S/C20H21ClN4O3S/c1-29(27,28)23-19-13-16(5-8-18(19)21)20(26)25-10-2-9-24(11-12-25)17-6-3-15(14-22)4-7-17/h3-8,13,23H,2,9-12H2,1H3. The van der Waals surface area contributed by atoms with Crippen LogP contribution in [0.3, 0.4) is 0 Å². The van der Waals surface area contributed by atoms with Crippen molar-refractivity contribution in [3.63, 3.8) is 0 Å². The molecule has 2 aromatic carbocycles. The second-order valence-electron chi connectivity index (χ2n) is 6.86. The molecule has 1 heterocycles. The van der Waals surface area contributed by atoms with Crippen LogP contribution in [0.1, 0.15) is 22.3 Å². The fraction of sp³-hybridized carbons (Fsp3) is 0.300. The first-order valence-electron chi connectivity index (χ1n) is 9.08. The number of benzene rings is 2. The number of carbonyl (C=O) groups excluding carboxylic acids is 1. The van der Waals surface area contributed by atoms with Gasteiger partial charge in [-0.3, -0.25) is 9.52 Å². The molecule has 152 valence electrons. The zero-order chi connectivity index (χ0) is 21.0. The average Bonchev–Trinajstić information content (AvgIpc) is 2.94. The highest BCUT2D eigenvalue weighted by molar-refractivity contribution is 7.92. The van der Waals surface area contributed by atoms with E-state index in [9.17, 15) is 13.2 Å². The van der Waals surface area contributed by atoms with Crippen molar-refractivity contribution < 1.29 is 13.2 Å². The van der Waals surface area contributed by atoms with E-state index in [1.54, 1.807) is 23.1 Å². The number of nitrogens with one attached hydrogen (secondary N) is 1. The van der Waals surface area contributed by atoms with Gasteiger partial charge in [-0.2, -0.15) is 5.26 Å². The smallest absolute Gasteiger partial charge is 0.253 e. The van der Waals surface area contributed by atoms with Gasteiger partial charge in [0, 0.05) is 37.4 Å². The van der Waals surface area contributed by atoms with Gasteiger partial charge in [0.15, 0.2) is 0 Å². The van der Waals surface area contributed by atoms with Gasteiger partial charge in [-0.05, 0) is 48.9 Å². The first-order chi connectivity index (χ1) is 13.8. The van der Waals surface area contributed by atoms with E-state index in [0.717, 1.165) is 24.9 Å². The zero-order valence-electron chi connectivity index (χ0n) is 15.9. The molecule has 0 bridgehead atoms. The highest BCUT2D eigenvalue weighted by atomic mass is 35.5. The third kappa shape index (κ3) is 5.40. The van der Waals surface area contributed by atoms with E-state index in [2.05, 4.69) is 15.7 Å². The van der Waals surface area contributed by atoms with Gasteiger partial charge >= 0.3 is 0 Å². The van der Waals surface area contributed by atoms with Crippen molar-refractivity contribution in [2.45, 2.75) is 6.42 Å². The summed E-state index contributed by atoms with van der Waals surface area (Å²) in [6, 6.07) is 14.1. The molecule has 1 amide bonds. The summed E-state index contributed by atoms with van der Waals surface area (Å²) in [5, 5.41) is 9.16. The highest BCUT2D eigenvalue weighted by Gasteiger charge is 2.21. The van der Waals surface area contributed by atoms with E-state index in [1.807, 2.05) is 12.1 Å². The van der Waals surface area contributed by atoms with Crippen LogP contribution >= 0.6 is 11.6 Å². The Bertz CT molecular complexity index is 1050. The summed E-state index contributed by atoms with van der Waals surface area (Å²) in [4.78, 5) is 16.9. The third-order valence-electron chi connectivity index (χ3n) is 4.65. The van der Waals surface area contributed by atoms with Gasteiger partial charge in [-0.25, -0.2) is 8.42 Å². The molecular weight excluding hydrogens is 412 g/mol. The number of nitrogens with zero attached hydrogens (tertiary/aromatic N) is 3. The Labute approximate surface area is 175 Å². The van der Waals surface area contributed by atoms with Crippen LogP contribution < -0.4 is 9.62 Å². The minimum Gasteiger partial charge on any atom is -0.370 e. The lowest BCUT2D eigenvalue weighted by Crippen LogP contribution is -2.35. The summed E-state index contributed by atoms with van der Waals surface area (Å²) >= 11 is 6.05. The first-order valence-corrected chi connectivity index (χ1v) is 11.4. The van der Waals surface area contributed by atoms with Crippen molar-refractivity contribution in [2.24, 2.45) is 0 Å². The lowest BCUT2D eigenvalue weighted by Gasteiger charge is -2.24. The number of amides is 1. The molecule has 1 aliphatic rings. The van der Waals surface area contributed by atoms with Crippen LogP contribution in [0.5, 0.6) is 0 Å². The van der Waals surface area contributed by atoms with Gasteiger partial charge in [0.25, 0.3) is 5.91 Å². The van der Waals surface area contributed by atoms with Crippen LogP contribution in [0.15, 0.2) is 42.5 Å². The zero-order valence-corrected chi connectivity index (χ0v) is 17.5. The predicted molar refractivity (Wildman–Crippen MR) is 114 cm³/mol. The number of carbonyl (C=O) groups is 1. The Hall–Kier alpha value is -2.76. The van der Waals surface area contributed by atoms with Crippen LogP contribution in [0.4, 0.5) is 11.4 Å². The van der Waals surface area contributed by atoms with E-state index in [4.69, 9.17) is 16.9 Å². The van der Waals surface area contributed by atoms with Gasteiger partial charge in [0.2, 0.25) is 10.0 Å². The molecule has 0 spiro atoms. The van der Waals surface area contributed by atoms with E-state index in [0.29, 0.717) is 30.8 Å². The molecule has 7 nitrogen and oxygen atoms in total. The van der Waals surface area contributed by atoms with Gasteiger partial charge in [-0.1, -0.05) is 11.6 Å². The van der Waals surface area contributed by atoms with E-state index < -0.39 is 10.0 Å². The monoisotopic (exact) mass is 432 g/mol. The molecular formula is C20H21ClN4O3S. The molecule has 0 radical (unpaired) electrons. The number of nitriles is 1. The van der Waals surface area contributed by atoms with Crippen LogP contribution in [0.25, 0.3) is 0 Å². The lowest BCUT2D eigenvalue weighted by molar-refractivity contribution is 0.0767. The largest absolute Gasteiger partial charge is 0.370 e.